The predicted molar refractivity (Wildman–Crippen MR) is 127 cm³/mol. The Balaban J connectivity index is 1.55. The third-order valence-corrected chi connectivity index (χ3v) is 6.20. The van der Waals surface area contributed by atoms with Crippen molar-refractivity contribution in [3.05, 3.63) is 59.1 Å². The molecule has 1 N–H and O–H groups in total. The second-order valence-electron chi connectivity index (χ2n) is 8.05. The van der Waals surface area contributed by atoms with E-state index in [2.05, 4.69) is 43.4 Å². The van der Waals surface area contributed by atoms with E-state index in [0.717, 1.165) is 17.7 Å². The minimum absolute atomic E-state index is 0.0280. The highest BCUT2D eigenvalue weighted by molar-refractivity contribution is 7.16. The number of anilines is 1. The van der Waals surface area contributed by atoms with Gasteiger partial charge in [0.05, 0.1) is 24.4 Å². The molecular formula is C25H19F2N6O2S+. The Kier molecular flexibility index (Phi) is 6.32. The molecule has 1 aliphatic carbocycles. The minimum atomic E-state index is -2.81. The second kappa shape index (κ2) is 9.72. The number of ether oxygens (including phenoxy) is 1. The number of methoxy groups -OCH3 is 1. The molecule has 4 aromatic rings. The van der Waals surface area contributed by atoms with Crippen LogP contribution in [0.25, 0.3) is 22.5 Å². The van der Waals surface area contributed by atoms with Crippen molar-refractivity contribution in [2.24, 2.45) is 13.0 Å². The minimum Gasteiger partial charge on any atom is -0.494 e. The number of amides is 1. The van der Waals surface area contributed by atoms with Crippen LogP contribution in [-0.4, -0.2) is 32.8 Å². The number of rotatable bonds is 6. The lowest BCUT2D eigenvalue weighted by atomic mass is 9.99. The standard InChI is InChI=1S/C25H18F2N6O2S/c1-33-8-7-19(32-33)20-9-16(17-10-21(23(26)27)29-13-22(17)35-2)18(12-28-20)24(34)31-25-30-11-15(36-25)6-5-14-3-4-14/h7-11,13-14,23H,3-4H2,1-2H3/p+1. The highest BCUT2D eigenvalue weighted by Crippen LogP contribution is 2.35. The Labute approximate surface area is 209 Å². The first kappa shape index (κ1) is 23.4. The average Bonchev–Trinajstić information content (AvgIpc) is 3.44. The Morgan fingerprint density at radius 2 is 2.14 bits per heavy atom. The van der Waals surface area contributed by atoms with Crippen LogP contribution >= 0.6 is 11.3 Å². The predicted octanol–water partition coefficient (Wildman–Crippen LogP) is 3.97. The first-order valence-electron chi connectivity index (χ1n) is 10.9. The van der Waals surface area contributed by atoms with Gasteiger partial charge in [0, 0.05) is 36.4 Å². The molecule has 8 nitrogen and oxygen atoms in total. The summed E-state index contributed by atoms with van der Waals surface area (Å²) in [6.07, 6.45) is 6.72. The normalized spacial score (nSPS) is 12.6. The summed E-state index contributed by atoms with van der Waals surface area (Å²) in [6.45, 7) is 0. The van der Waals surface area contributed by atoms with Crippen molar-refractivity contribution in [1.29, 1.82) is 0 Å². The van der Waals surface area contributed by atoms with Gasteiger partial charge in [-0.2, -0.15) is 5.10 Å². The molecule has 1 amide bonds. The highest BCUT2D eigenvalue weighted by atomic mass is 32.1. The monoisotopic (exact) mass is 505 g/mol. The van der Waals surface area contributed by atoms with Gasteiger partial charge in [0.2, 0.25) is 0 Å². The van der Waals surface area contributed by atoms with Crippen molar-refractivity contribution in [2.75, 3.05) is 12.4 Å². The van der Waals surface area contributed by atoms with Crippen molar-refractivity contribution < 1.29 is 23.3 Å². The fourth-order valence-corrected chi connectivity index (χ4v) is 4.06. The Hall–Kier alpha value is -4.35. The summed E-state index contributed by atoms with van der Waals surface area (Å²) in [5, 5.41) is 7.42. The zero-order chi connectivity index (χ0) is 25.2. The van der Waals surface area contributed by atoms with E-state index < -0.39 is 18.0 Å². The first-order valence-corrected chi connectivity index (χ1v) is 11.8. The van der Waals surface area contributed by atoms with Gasteiger partial charge in [-0.15, -0.1) is 0 Å². The molecule has 1 fully saturated rings. The molecule has 0 saturated heterocycles. The number of carbonyl (C=O) groups excluding carboxylic acids is 1. The lowest BCUT2D eigenvalue weighted by Crippen LogP contribution is -2.15. The van der Waals surface area contributed by atoms with E-state index in [1.54, 1.807) is 36.3 Å². The maximum atomic E-state index is 13.5. The molecule has 0 radical (unpaired) electrons. The number of hydrogen-bond donors (Lipinski definition) is 1. The molecule has 36 heavy (non-hydrogen) atoms. The van der Waals surface area contributed by atoms with Gasteiger partial charge in [-0.05, 0) is 30.0 Å². The van der Waals surface area contributed by atoms with Crippen molar-refractivity contribution in [2.45, 2.75) is 19.3 Å². The largest absolute Gasteiger partial charge is 0.494 e. The number of aryl methyl sites for hydroxylation is 1. The van der Waals surface area contributed by atoms with Gasteiger partial charge in [-0.25, -0.2) is 13.8 Å². The summed E-state index contributed by atoms with van der Waals surface area (Å²) in [6, 6.07) is 4.53. The van der Waals surface area contributed by atoms with Crippen molar-refractivity contribution in [3.8, 4) is 40.1 Å². The number of thiazole rings is 1. The van der Waals surface area contributed by atoms with Crippen LogP contribution in [0.5, 0.6) is 5.75 Å². The number of nitrogens with one attached hydrogen (secondary N) is 1. The van der Waals surface area contributed by atoms with Gasteiger partial charge < -0.3 is 4.74 Å². The smallest absolute Gasteiger partial charge is 0.368 e. The molecule has 5 rings (SSSR count). The Morgan fingerprint density at radius 1 is 1.31 bits per heavy atom. The Bertz CT molecular complexity index is 1500. The van der Waals surface area contributed by atoms with Crippen LogP contribution < -0.4 is 15.0 Å². The number of halogens is 2. The van der Waals surface area contributed by atoms with Crippen molar-refractivity contribution >= 4 is 22.4 Å². The first-order chi connectivity index (χ1) is 17.4. The molecule has 1 aliphatic rings. The maximum absolute atomic E-state index is 13.5. The second-order valence-corrected chi connectivity index (χ2v) is 9.08. The van der Waals surface area contributed by atoms with Crippen LogP contribution in [0.15, 0.2) is 36.8 Å². The third kappa shape index (κ3) is 5.02. The number of alkyl halides is 2. The van der Waals surface area contributed by atoms with E-state index in [9.17, 15) is 13.6 Å². The molecule has 0 aliphatic heterocycles. The number of nitrogens with zero attached hydrogens (tertiary/aromatic N) is 5. The van der Waals surface area contributed by atoms with E-state index in [1.165, 1.54) is 30.7 Å². The van der Waals surface area contributed by atoms with Gasteiger partial charge >= 0.3 is 11.9 Å². The van der Waals surface area contributed by atoms with E-state index >= 15 is 0 Å². The number of hydrogen-bond acceptors (Lipinski definition) is 6. The average molecular weight is 506 g/mol. The zero-order valence-electron chi connectivity index (χ0n) is 19.2. The number of pyridine rings is 1. The lowest BCUT2D eigenvalue weighted by Gasteiger charge is -2.11. The van der Waals surface area contributed by atoms with Crippen LogP contribution in [0.4, 0.5) is 13.9 Å². The summed E-state index contributed by atoms with van der Waals surface area (Å²) in [5.74, 6) is 6.32. The SMILES string of the molecule is COc1cnc(C(F)F)cc1-c1cc(-c2ccn(C)n2)[n+]#cc1C(=O)Nc1ncc(C#CC2CC2)s1. The van der Waals surface area contributed by atoms with Gasteiger partial charge in [-0.3, -0.25) is 19.8 Å². The van der Waals surface area contributed by atoms with Crippen LogP contribution in [0.2, 0.25) is 0 Å². The van der Waals surface area contributed by atoms with E-state index in [-0.39, 0.29) is 22.4 Å². The van der Waals surface area contributed by atoms with Crippen LogP contribution in [-0.2, 0) is 7.05 Å². The topological polar surface area (TPSA) is 96.0 Å². The van der Waals surface area contributed by atoms with Crippen LogP contribution in [0.1, 0.15) is 40.2 Å². The molecule has 4 aromatic heterocycles. The van der Waals surface area contributed by atoms with Crippen LogP contribution in [0, 0.1) is 24.0 Å². The lowest BCUT2D eigenvalue weighted by molar-refractivity contribution is -0.280. The quantitative estimate of drug-likeness (QED) is 0.399. The molecule has 11 heteroatoms. The molecule has 4 heterocycles. The maximum Gasteiger partial charge on any atom is 0.368 e. The summed E-state index contributed by atoms with van der Waals surface area (Å²) in [7, 11) is 3.15. The van der Waals surface area contributed by atoms with Gasteiger partial charge in [0.15, 0.2) is 16.4 Å². The fourth-order valence-electron chi connectivity index (χ4n) is 3.39. The summed E-state index contributed by atoms with van der Waals surface area (Å²) >= 11 is 1.25. The molecule has 0 atom stereocenters. The number of aromatic nitrogens is 5. The van der Waals surface area contributed by atoms with E-state index in [0.29, 0.717) is 22.4 Å². The molecule has 0 unspecified atom stereocenters. The van der Waals surface area contributed by atoms with E-state index in [4.69, 9.17) is 4.74 Å². The third-order valence-electron chi connectivity index (χ3n) is 5.37. The summed E-state index contributed by atoms with van der Waals surface area (Å²) in [4.78, 5) is 26.3. The molecule has 0 spiro atoms. The number of carbonyl (C=O) groups is 1. The van der Waals surface area contributed by atoms with Crippen LogP contribution in [0.3, 0.4) is 0 Å². The molecule has 180 valence electrons. The summed E-state index contributed by atoms with van der Waals surface area (Å²) in [5.41, 5.74) is 1.05. The van der Waals surface area contributed by atoms with Gasteiger partial charge in [-0.1, -0.05) is 23.2 Å². The fraction of sp³-hybridized carbons (Fsp3) is 0.240. The Morgan fingerprint density at radius 3 is 2.83 bits per heavy atom. The highest BCUT2D eigenvalue weighted by Gasteiger charge is 2.26. The summed E-state index contributed by atoms with van der Waals surface area (Å²) < 4.78 is 33.9. The molecule has 1 saturated carbocycles. The van der Waals surface area contributed by atoms with Crippen molar-refractivity contribution in [1.82, 2.24) is 19.7 Å². The molecule has 0 bridgehead atoms. The zero-order valence-corrected chi connectivity index (χ0v) is 20.1. The van der Waals surface area contributed by atoms with E-state index in [1.807, 2.05) is 0 Å². The van der Waals surface area contributed by atoms with Gasteiger partial charge in [0.25, 0.3) is 12.3 Å². The molecular weight excluding hydrogens is 486 g/mol. The van der Waals surface area contributed by atoms with Gasteiger partial charge in [0.1, 0.15) is 11.4 Å². The van der Waals surface area contributed by atoms with Crippen molar-refractivity contribution in [3.63, 3.8) is 0 Å². The molecule has 0 aromatic carbocycles.